The van der Waals surface area contributed by atoms with Crippen LogP contribution < -0.4 is 14.8 Å². The standard InChI is InChI=1S/C28H28N2O3/c1-28(2,3)19-11-13-20(14-12-19)29-27(31)22-17-24(30-23-9-7-6-8-21(22)23)18-10-15-25(32-4)26(16-18)33-5/h6-17H,1-5H3,(H,29,31). The van der Waals surface area contributed by atoms with E-state index in [1.165, 1.54) is 5.56 Å². The van der Waals surface area contributed by atoms with Crippen LogP contribution in [0.2, 0.25) is 0 Å². The summed E-state index contributed by atoms with van der Waals surface area (Å²) < 4.78 is 10.8. The van der Waals surface area contributed by atoms with Crippen molar-refractivity contribution in [2.24, 2.45) is 0 Å². The number of hydrogen-bond acceptors (Lipinski definition) is 4. The number of amides is 1. The molecule has 5 heteroatoms. The van der Waals surface area contributed by atoms with Crippen LogP contribution in [0.25, 0.3) is 22.2 Å². The molecule has 0 radical (unpaired) electrons. The number of ether oxygens (including phenoxy) is 2. The second-order valence-electron chi connectivity index (χ2n) is 8.92. The maximum absolute atomic E-state index is 13.3. The van der Waals surface area contributed by atoms with E-state index in [-0.39, 0.29) is 11.3 Å². The summed E-state index contributed by atoms with van der Waals surface area (Å²) in [5.74, 6) is 1.06. The van der Waals surface area contributed by atoms with Crippen molar-refractivity contribution in [2.75, 3.05) is 19.5 Å². The molecule has 0 saturated carbocycles. The van der Waals surface area contributed by atoms with Gasteiger partial charge in [-0.25, -0.2) is 4.98 Å². The number of carbonyl (C=O) groups excluding carboxylic acids is 1. The molecule has 0 saturated heterocycles. The number of pyridine rings is 1. The minimum absolute atomic E-state index is 0.0537. The molecule has 1 N–H and O–H groups in total. The van der Waals surface area contributed by atoms with E-state index in [9.17, 15) is 4.79 Å². The third-order valence-electron chi connectivity index (χ3n) is 5.65. The quantitative estimate of drug-likeness (QED) is 0.386. The molecule has 4 aromatic rings. The minimum atomic E-state index is -0.182. The number of methoxy groups -OCH3 is 2. The van der Waals surface area contributed by atoms with Crippen LogP contribution in [0.5, 0.6) is 11.5 Å². The van der Waals surface area contributed by atoms with Crippen molar-refractivity contribution in [1.29, 1.82) is 0 Å². The van der Waals surface area contributed by atoms with E-state index in [1.54, 1.807) is 14.2 Å². The molecular weight excluding hydrogens is 412 g/mol. The molecule has 0 aliphatic heterocycles. The van der Waals surface area contributed by atoms with Crippen LogP contribution in [0.1, 0.15) is 36.7 Å². The van der Waals surface area contributed by atoms with Crippen molar-refractivity contribution >= 4 is 22.5 Å². The first-order valence-electron chi connectivity index (χ1n) is 10.8. The van der Waals surface area contributed by atoms with Gasteiger partial charge in [-0.15, -0.1) is 0 Å². The number of benzene rings is 3. The van der Waals surface area contributed by atoms with E-state index in [0.717, 1.165) is 22.2 Å². The van der Waals surface area contributed by atoms with Crippen LogP contribution in [0.4, 0.5) is 5.69 Å². The Balaban J connectivity index is 1.73. The van der Waals surface area contributed by atoms with Crippen molar-refractivity contribution in [3.63, 3.8) is 0 Å². The Bertz CT molecular complexity index is 1310. The van der Waals surface area contributed by atoms with Gasteiger partial charge in [0.05, 0.1) is 31.0 Å². The Kier molecular flexibility index (Phi) is 6.05. The maximum atomic E-state index is 13.3. The summed E-state index contributed by atoms with van der Waals surface area (Å²) in [7, 11) is 3.20. The molecule has 0 atom stereocenters. The largest absolute Gasteiger partial charge is 0.493 e. The molecule has 0 aliphatic carbocycles. The first-order chi connectivity index (χ1) is 15.8. The summed E-state index contributed by atoms with van der Waals surface area (Å²) >= 11 is 0. The number of para-hydroxylation sites is 1. The van der Waals surface area contributed by atoms with Crippen molar-refractivity contribution in [3.05, 3.63) is 83.9 Å². The first kappa shape index (κ1) is 22.3. The van der Waals surface area contributed by atoms with Gasteiger partial charge in [0.1, 0.15) is 0 Å². The zero-order valence-corrected chi connectivity index (χ0v) is 19.6. The van der Waals surface area contributed by atoms with Gasteiger partial charge in [-0.1, -0.05) is 51.1 Å². The van der Waals surface area contributed by atoms with Crippen LogP contribution in [-0.2, 0) is 5.41 Å². The molecule has 0 bridgehead atoms. The monoisotopic (exact) mass is 440 g/mol. The van der Waals surface area contributed by atoms with Gasteiger partial charge >= 0.3 is 0 Å². The Morgan fingerprint density at radius 2 is 1.55 bits per heavy atom. The van der Waals surface area contributed by atoms with Crippen LogP contribution in [-0.4, -0.2) is 25.1 Å². The normalized spacial score (nSPS) is 11.3. The predicted molar refractivity (Wildman–Crippen MR) is 133 cm³/mol. The number of rotatable bonds is 5. The van der Waals surface area contributed by atoms with Gasteiger partial charge in [-0.2, -0.15) is 0 Å². The van der Waals surface area contributed by atoms with Crippen molar-refractivity contribution in [3.8, 4) is 22.8 Å². The lowest BCUT2D eigenvalue weighted by atomic mass is 9.87. The number of aromatic nitrogens is 1. The number of hydrogen-bond donors (Lipinski definition) is 1. The molecule has 1 amide bonds. The molecule has 168 valence electrons. The molecule has 0 unspecified atom stereocenters. The molecule has 1 aromatic heterocycles. The van der Waals surface area contributed by atoms with Gasteiger partial charge in [0, 0.05) is 16.6 Å². The highest BCUT2D eigenvalue weighted by Crippen LogP contribution is 2.33. The molecule has 0 fully saturated rings. The van der Waals surface area contributed by atoms with Gasteiger partial charge in [0.15, 0.2) is 11.5 Å². The average Bonchev–Trinajstić information content (AvgIpc) is 2.82. The molecule has 0 aliphatic rings. The zero-order chi connectivity index (χ0) is 23.6. The summed E-state index contributed by atoms with van der Waals surface area (Å²) in [6, 6.07) is 23.1. The Hall–Kier alpha value is -3.86. The SMILES string of the molecule is COc1ccc(-c2cc(C(=O)Nc3ccc(C(C)(C)C)cc3)c3ccccc3n2)cc1OC. The number of fused-ring (bicyclic) bond motifs is 1. The van der Waals surface area contributed by atoms with E-state index in [4.69, 9.17) is 14.5 Å². The van der Waals surface area contributed by atoms with Gasteiger partial charge in [0.25, 0.3) is 5.91 Å². The fourth-order valence-corrected chi connectivity index (χ4v) is 3.76. The van der Waals surface area contributed by atoms with Crippen LogP contribution in [0, 0.1) is 0 Å². The Morgan fingerprint density at radius 1 is 0.848 bits per heavy atom. The lowest BCUT2D eigenvalue weighted by Gasteiger charge is -2.19. The van der Waals surface area contributed by atoms with Gasteiger partial charge in [-0.05, 0) is 53.4 Å². The highest BCUT2D eigenvalue weighted by atomic mass is 16.5. The second-order valence-corrected chi connectivity index (χ2v) is 8.92. The smallest absolute Gasteiger partial charge is 0.256 e. The van der Waals surface area contributed by atoms with E-state index >= 15 is 0 Å². The van der Waals surface area contributed by atoms with Gasteiger partial charge < -0.3 is 14.8 Å². The number of nitrogens with one attached hydrogen (secondary N) is 1. The van der Waals surface area contributed by atoms with E-state index < -0.39 is 0 Å². The molecule has 1 heterocycles. The van der Waals surface area contributed by atoms with Crippen LogP contribution >= 0.6 is 0 Å². The van der Waals surface area contributed by atoms with Crippen LogP contribution in [0.3, 0.4) is 0 Å². The topological polar surface area (TPSA) is 60.5 Å². The molecule has 0 spiro atoms. The number of nitrogens with zero attached hydrogens (tertiary/aromatic N) is 1. The molecule has 33 heavy (non-hydrogen) atoms. The fraction of sp³-hybridized carbons (Fsp3) is 0.214. The first-order valence-corrected chi connectivity index (χ1v) is 10.8. The summed E-state index contributed by atoms with van der Waals surface area (Å²) in [6.45, 7) is 6.50. The van der Waals surface area contributed by atoms with E-state index in [1.807, 2.05) is 60.7 Å². The Labute approximate surface area is 194 Å². The molecular formula is C28H28N2O3. The van der Waals surface area contributed by atoms with Crippen molar-refractivity contribution in [2.45, 2.75) is 26.2 Å². The van der Waals surface area contributed by atoms with E-state index in [0.29, 0.717) is 22.8 Å². The highest BCUT2D eigenvalue weighted by Gasteiger charge is 2.17. The third kappa shape index (κ3) is 4.67. The molecule has 5 nitrogen and oxygen atoms in total. The summed E-state index contributed by atoms with van der Waals surface area (Å²) in [6.07, 6.45) is 0. The van der Waals surface area contributed by atoms with Crippen molar-refractivity contribution < 1.29 is 14.3 Å². The summed E-state index contributed by atoms with van der Waals surface area (Å²) in [4.78, 5) is 18.1. The summed E-state index contributed by atoms with van der Waals surface area (Å²) in [5, 5.41) is 3.83. The fourth-order valence-electron chi connectivity index (χ4n) is 3.76. The van der Waals surface area contributed by atoms with E-state index in [2.05, 4.69) is 38.2 Å². The van der Waals surface area contributed by atoms with Crippen LogP contribution in [0.15, 0.2) is 72.8 Å². The van der Waals surface area contributed by atoms with Gasteiger partial charge in [-0.3, -0.25) is 4.79 Å². The van der Waals surface area contributed by atoms with Crippen molar-refractivity contribution in [1.82, 2.24) is 4.98 Å². The Morgan fingerprint density at radius 3 is 2.21 bits per heavy atom. The lowest BCUT2D eigenvalue weighted by Crippen LogP contribution is -2.14. The third-order valence-corrected chi connectivity index (χ3v) is 5.65. The molecule has 3 aromatic carbocycles. The predicted octanol–water partition coefficient (Wildman–Crippen LogP) is 6.47. The average molecular weight is 441 g/mol. The van der Waals surface area contributed by atoms with Gasteiger partial charge in [0.2, 0.25) is 0 Å². The zero-order valence-electron chi connectivity index (χ0n) is 19.6. The maximum Gasteiger partial charge on any atom is 0.256 e. The lowest BCUT2D eigenvalue weighted by molar-refractivity contribution is 0.102. The second kappa shape index (κ2) is 8.94. The number of carbonyl (C=O) groups is 1. The minimum Gasteiger partial charge on any atom is -0.493 e. The molecule has 4 rings (SSSR count). The summed E-state index contributed by atoms with van der Waals surface area (Å²) in [5.41, 5.74) is 4.85. The highest BCUT2D eigenvalue weighted by molar-refractivity contribution is 6.13. The number of anilines is 1.